The molecule has 0 bridgehead atoms. The van der Waals surface area contributed by atoms with Crippen LogP contribution in [0.2, 0.25) is 0 Å². The molecule has 0 aliphatic heterocycles. The largest absolute Gasteiger partial charge is 1.00 e. The fraction of sp³-hybridized carbons (Fsp3) is 0.286. The van der Waals surface area contributed by atoms with Gasteiger partial charge in [0.1, 0.15) is 17.9 Å². The Balaban J connectivity index is 0.00000338. The number of quaternary nitrogens is 1. The van der Waals surface area contributed by atoms with E-state index in [-0.39, 0.29) is 24.2 Å². The monoisotopic (exact) mass is 375 g/mol. The zero-order chi connectivity index (χ0) is 18.1. The number of hydrogen-bond donors (Lipinski definition) is 2. The highest BCUT2D eigenvalue weighted by atomic mass is 35.5. The van der Waals surface area contributed by atoms with Gasteiger partial charge < -0.3 is 27.6 Å². The van der Waals surface area contributed by atoms with Gasteiger partial charge in [0, 0.05) is 0 Å². The molecule has 0 fully saturated rings. The number of nitrogens with two attached hydrogens (primary N) is 1. The van der Waals surface area contributed by atoms with Crippen LogP contribution in [-0.4, -0.2) is 30.6 Å². The molecular weight excluding hydrogens is 350 g/mol. The molecule has 140 valence electrons. The molecule has 2 unspecified atom stereocenters. The summed E-state index contributed by atoms with van der Waals surface area (Å²) >= 11 is 0. The van der Waals surface area contributed by atoms with E-state index < -0.39 is 6.10 Å². The van der Waals surface area contributed by atoms with Gasteiger partial charge in [-0.3, -0.25) is 4.79 Å². The molecule has 0 saturated carbocycles. The number of carbonyl (C=O) groups excluding carboxylic acids is 1. The molecule has 0 aliphatic carbocycles. The van der Waals surface area contributed by atoms with Crippen molar-refractivity contribution in [3.63, 3.8) is 0 Å². The molecule has 0 aliphatic rings. The van der Waals surface area contributed by atoms with E-state index in [1.165, 1.54) is 0 Å². The van der Waals surface area contributed by atoms with E-state index in [1.807, 2.05) is 72.9 Å². The Morgan fingerprint density at radius 3 is 2.42 bits per heavy atom. The zero-order valence-corrected chi connectivity index (χ0v) is 15.9. The van der Waals surface area contributed by atoms with E-state index >= 15 is 0 Å². The van der Waals surface area contributed by atoms with Crippen LogP contribution in [0.1, 0.15) is 30.6 Å². The average molecular weight is 376 g/mol. The molecule has 0 heterocycles. The lowest BCUT2D eigenvalue weighted by Gasteiger charge is -2.17. The van der Waals surface area contributed by atoms with Crippen LogP contribution in [0.4, 0.5) is 0 Å². The van der Waals surface area contributed by atoms with Crippen LogP contribution in [-0.2, 0) is 4.79 Å². The summed E-state index contributed by atoms with van der Waals surface area (Å²) in [6.07, 6.45) is 3.32. The number of ketones is 1. The quantitative estimate of drug-likeness (QED) is 0.573. The normalized spacial score (nSPS) is 13.0. The third-order valence-electron chi connectivity index (χ3n) is 4.15. The van der Waals surface area contributed by atoms with Crippen molar-refractivity contribution >= 4 is 11.9 Å². The van der Waals surface area contributed by atoms with E-state index in [0.29, 0.717) is 13.0 Å². The smallest absolute Gasteiger partial charge is 0.161 e. The average Bonchev–Trinajstić information content (AvgIpc) is 2.66. The summed E-state index contributed by atoms with van der Waals surface area (Å²) in [7, 11) is 1.63. The predicted octanol–water partition coefficient (Wildman–Crippen LogP) is -0.643. The van der Waals surface area contributed by atoms with Gasteiger partial charge in [-0.1, -0.05) is 48.5 Å². The van der Waals surface area contributed by atoms with Gasteiger partial charge in [0.15, 0.2) is 5.78 Å². The van der Waals surface area contributed by atoms with Crippen molar-refractivity contribution in [1.29, 1.82) is 0 Å². The molecule has 2 aromatic rings. The zero-order valence-electron chi connectivity index (χ0n) is 15.1. The summed E-state index contributed by atoms with van der Waals surface area (Å²) in [5, 5.41) is 12.3. The van der Waals surface area contributed by atoms with Crippen molar-refractivity contribution in [3.8, 4) is 5.75 Å². The van der Waals surface area contributed by atoms with Crippen molar-refractivity contribution in [2.24, 2.45) is 0 Å². The maximum atomic E-state index is 12.0. The van der Waals surface area contributed by atoms with Crippen molar-refractivity contribution in [1.82, 2.24) is 0 Å². The summed E-state index contributed by atoms with van der Waals surface area (Å²) in [4.78, 5) is 12.0. The Kier molecular flexibility index (Phi) is 9.66. The molecule has 2 rings (SSSR count). The summed E-state index contributed by atoms with van der Waals surface area (Å²) in [5.74, 6) is 0.873. The molecule has 0 spiro atoms. The van der Waals surface area contributed by atoms with Gasteiger partial charge in [-0.05, 0) is 36.3 Å². The molecule has 0 saturated heterocycles. The molecular formula is C21H26ClNO3. The SMILES string of the molecule is COc1ccc(/C=C/C(=O)CC[NH2+]C(C)C(O)c2ccccc2)cc1.[Cl-]. The number of aliphatic hydroxyl groups excluding tert-OH is 1. The lowest BCUT2D eigenvalue weighted by atomic mass is 10.0. The minimum atomic E-state index is -0.536. The lowest BCUT2D eigenvalue weighted by Crippen LogP contribution is -3.00. The first-order chi connectivity index (χ1) is 12.1. The third kappa shape index (κ3) is 7.00. The van der Waals surface area contributed by atoms with Gasteiger partial charge in [-0.15, -0.1) is 0 Å². The second kappa shape index (κ2) is 11.5. The highest BCUT2D eigenvalue weighted by molar-refractivity contribution is 5.93. The maximum absolute atomic E-state index is 12.0. The van der Waals surface area contributed by atoms with Gasteiger partial charge >= 0.3 is 0 Å². The fourth-order valence-electron chi connectivity index (χ4n) is 2.56. The molecule has 26 heavy (non-hydrogen) atoms. The van der Waals surface area contributed by atoms with Crippen LogP contribution in [0.3, 0.4) is 0 Å². The second-order valence-corrected chi connectivity index (χ2v) is 6.06. The van der Waals surface area contributed by atoms with Crippen molar-refractivity contribution in [2.45, 2.75) is 25.5 Å². The van der Waals surface area contributed by atoms with Gasteiger partial charge in [0.25, 0.3) is 0 Å². The van der Waals surface area contributed by atoms with Gasteiger partial charge in [-0.25, -0.2) is 0 Å². The first kappa shape index (κ1) is 21.9. The number of rotatable bonds is 9. The van der Waals surface area contributed by atoms with E-state index in [9.17, 15) is 9.90 Å². The first-order valence-electron chi connectivity index (χ1n) is 8.51. The summed E-state index contributed by atoms with van der Waals surface area (Å²) in [6.45, 7) is 2.62. The van der Waals surface area contributed by atoms with Crippen molar-refractivity contribution in [3.05, 3.63) is 71.8 Å². The Hall–Kier alpha value is -2.14. The number of carbonyl (C=O) groups is 1. The molecule has 3 N–H and O–H groups in total. The fourth-order valence-corrected chi connectivity index (χ4v) is 2.56. The minimum absolute atomic E-state index is 0. The van der Waals surface area contributed by atoms with Crippen LogP contribution in [0.25, 0.3) is 6.08 Å². The Morgan fingerprint density at radius 2 is 1.81 bits per heavy atom. The lowest BCUT2D eigenvalue weighted by molar-refractivity contribution is -0.693. The van der Waals surface area contributed by atoms with Crippen molar-refractivity contribution in [2.75, 3.05) is 13.7 Å². The van der Waals surface area contributed by atoms with Crippen LogP contribution < -0.4 is 22.5 Å². The van der Waals surface area contributed by atoms with Gasteiger partial charge in [0.05, 0.1) is 20.1 Å². The number of aliphatic hydroxyl groups is 1. The molecule has 0 aromatic heterocycles. The minimum Gasteiger partial charge on any atom is -1.00 e. The van der Waals surface area contributed by atoms with E-state index in [1.54, 1.807) is 13.2 Å². The van der Waals surface area contributed by atoms with Crippen LogP contribution in [0.15, 0.2) is 60.7 Å². The number of ether oxygens (including phenoxy) is 1. The van der Waals surface area contributed by atoms with Gasteiger partial charge in [-0.2, -0.15) is 0 Å². The summed E-state index contributed by atoms with van der Waals surface area (Å²) in [5.41, 5.74) is 1.86. The maximum Gasteiger partial charge on any atom is 0.161 e. The Morgan fingerprint density at radius 1 is 1.15 bits per heavy atom. The summed E-state index contributed by atoms with van der Waals surface area (Å²) in [6, 6.07) is 17.1. The van der Waals surface area contributed by atoms with Crippen LogP contribution in [0.5, 0.6) is 5.75 Å². The highest BCUT2D eigenvalue weighted by Gasteiger charge is 2.18. The van der Waals surface area contributed by atoms with Crippen LogP contribution >= 0.6 is 0 Å². The van der Waals surface area contributed by atoms with Crippen molar-refractivity contribution < 1.29 is 32.4 Å². The number of halogens is 1. The molecule has 5 heteroatoms. The Bertz CT molecular complexity index is 686. The predicted molar refractivity (Wildman–Crippen MR) is 99.3 cm³/mol. The van der Waals surface area contributed by atoms with Gasteiger partial charge in [0.2, 0.25) is 0 Å². The Labute approximate surface area is 161 Å². The van der Waals surface area contributed by atoms with E-state index in [2.05, 4.69) is 0 Å². The standard InChI is InChI=1S/C21H25NO3.ClH/c1-16(21(24)18-6-4-3-5-7-18)22-15-14-19(23)11-8-17-9-12-20(25-2)13-10-17;/h3-13,16,21-22,24H,14-15H2,1-2H3;1H/b11-8+;. The topological polar surface area (TPSA) is 63.1 Å². The number of benzene rings is 2. The number of methoxy groups -OCH3 is 1. The third-order valence-corrected chi connectivity index (χ3v) is 4.15. The first-order valence-corrected chi connectivity index (χ1v) is 8.51. The van der Waals surface area contributed by atoms with E-state index in [0.717, 1.165) is 16.9 Å². The number of hydrogen-bond acceptors (Lipinski definition) is 3. The molecule has 4 nitrogen and oxygen atoms in total. The molecule has 2 aromatic carbocycles. The molecule has 0 amide bonds. The summed E-state index contributed by atoms with van der Waals surface area (Å²) < 4.78 is 5.11. The highest BCUT2D eigenvalue weighted by Crippen LogP contribution is 2.14. The second-order valence-electron chi connectivity index (χ2n) is 6.06. The molecule has 2 atom stereocenters. The van der Waals surface area contributed by atoms with Crippen LogP contribution in [0, 0.1) is 0 Å². The number of allylic oxidation sites excluding steroid dienone is 1. The van der Waals surface area contributed by atoms with E-state index in [4.69, 9.17) is 4.74 Å². The molecule has 0 radical (unpaired) electrons.